The fourth-order valence-electron chi connectivity index (χ4n) is 2.16. The van der Waals surface area contributed by atoms with Gasteiger partial charge in [0.05, 0.1) is 10.7 Å². The van der Waals surface area contributed by atoms with Crippen molar-refractivity contribution in [1.82, 2.24) is 5.32 Å². The number of aryl methyl sites for hydroxylation is 1. The van der Waals surface area contributed by atoms with Crippen molar-refractivity contribution in [3.05, 3.63) is 27.7 Å². The van der Waals surface area contributed by atoms with Crippen LogP contribution in [0.4, 0.5) is 10.5 Å². The van der Waals surface area contributed by atoms with Crippen molar-refractivity contribution in [3.8, 4) is 0 Å². The van der Waals surface area contributed by atoms with Gasteiger partial charge >= 0.3 is 6.03 Å². The number of hydrogen-bond acceptors (Lipinski definition) is 1. The zero-order valence-corrected chi connectivity index (χ0v) is 11.7. The van der Waals surface area contributed by atoms with Gasteiger partial charge in [0, 0.05) is 11.1 Å². The lowest BCUT2D eigenvalue weighted by molar-refractivity contribution is 0.248. The van der Waals surface area contributed by atoms with Gasteiger partial charge in [0.15, 0.2) is 0 Å². The minimum atomic E-state index is -0.219. The largest absolute Gasteiger partial charge is 0.335 e. The van der Waals surface area contributed by atoms with Crippen LogP contribution < -0.4 is 10.6 Å². The van der Waals surface area contributed by atoms with Gasteiger partial charge in [-0.15, -0.1) is 0 Å². The van der Waals surface area contributed by atoms with Crippen molar-refractivity contribution in [3.63, 3.8) is 0 Å². The zero-order chi connectivity index (χ0) is 13.1. The molecule has 0 bridgehead atoms. The third-order valence-corrected chi connectivity index (χ3v) is 3.91. The molecular weight excluding hydrogens is 271 g/mol. The molecule has 0 unspecified atom stereocenters. The van der Waals surface area contributed by atoms with Crippen molar-refractivity contribution in [2.75, 3.05) is 5.32 Å². The normalized spacial score (nSPS) is 15.7. The van der Waals surface area contributed by atoms with Gasteiger partial charge in [-0.25, -0.2) is 4.79 Å². The molecule has 5 heteroatoms. The van der Waals surface area contributed by atoms with Crippen LogP contribution in [0.25, 0.3) is 0 Å². The van der Waals surface area contributed by atoms with Crippen molar-refractivity contribution >= 4 is 34.9 Å². The smallest absolute Gasteiger partial charge is 0.319 e. The van der Waals surface area contributed by atoms with Crippen LogP contribution in [0.2, 0.25) is 10.0 Å². The maximum absolute atomic E-state index is 11.8. The van der Waals surface area contributed by atoms with Gasteiger partial charge in [-0.05, 0) is 37.5 Å². The van der Waals surface area contributed by atoms with Crippen LogP contribution in [0.5, 0.6) is 0 Å². The van der Waals surface area contributed by atoms with E-state index in [4.69, 9.17) is 23.2 Å². The maximum Gasteiger partial charge on any atom is 0.319 e. The van der Waals surface area contributed by atoms with Crippen molar-refractivity contribution in [2.45, 2.75) is 38.6 Å². The minimum absolute atomic E-state index is 0.219. The molecule has 1 saturated carbocycles. The molecular formula is C13H16Cl2N2O. The van der Waals surface area contributed by atoms with E-state index in [2.05, 4.69) is 10.6 Å². The number of carbonyl (C=O) groups is 1. The second-order valence-corrected chi connectivity index (χ2v) is 5.48. The first-order valence-corrected chi connectivity index (χ1v) is 6.85. The Labute approximate surface area is 117 Å². The Bertz CT molecular complexity index is 457. The average molecular weight is 287 g/mol. The Morgan fingerprint density at radius 3 is 2.56 bits per heavy atom. The summed E-state index contributed by atoms with van der Waals surface area (Å²) in [7, 11) is 0. The number of amides is 2. The van der Waals surface area contributed by atoms with Crippen LogP contribution >= 0.6 is 23.2 Å². The predicted molar refractivity (Wildman–Crippen MR) is 75.6 cm³/mol. The van der Waals surface area contributed by atoms with Gasteiger partial charge in [-0.1, -0.05) is 36.0 Å². The first-order chi connectivity index (χ1) is 8.56. The van der Waals surface area contributed by atoms with Gasteiger partial charge < -0.3 is 10.6 Å². The second-order valence-electron chi connectivity index (χ2n) is 4.66. The molecule has 0 saturated heterocycles. The van der Waals surface area contributed by atoms with E-state index in [1.807, 2.05) is 6.92 Å². The molecule has 0 aliphatic heterocycles. The van der Waals surface area contributed by atoms with E-state index in [-0.39, 0.29) is 12.1 Å². The molecule has 1 aromatic rings. The molecule has 0 spiro atoms. The minimum Gasteiger partial charge on any atom is -0.335 e. The first kappa shape index (κ1) is 13.5. The number of anilines is 1. The van der Waals surface area contributed by atoms with Crippen LogP contribution in [0.1, 0.15) is 31.2 Å². The number of urea groups is 1. The van der Waals surface area contributed by atoms with E-state index >= 15 is 0 Å². The van der Waals surface area contributed by atoms with E-state index in [9.17, 15) is 4.79 Å². The van der Waals surface area contributed by atoms with Crippen LogP contribution in [-0.2, 0) is 0 Å². The van der Waals surface area contributed by atoms with E-state index in [0.29, 0.717) is 15.7 Å². The Morgan fingerprint density at radius 2 is 1.89 bits per heavy atom. The molecule has 3 nitrogen and oxygen atoms in total. The number of halogens is 2. The summed E-state index contributed by atoms with van der Waals surface area (Å²) in [5, 5.41) is 6.77. The first-order valence-electron chi connectivity index (χ1n) is 6.09. The fourth-order valence-corrected chi connectivity index (χ4v) is 2.59. The highest BCUT2D eigenvalue weighted by molar-refractivity contribution is 6.36. The van der Waals surface area contributed by atoms with E-state index in [0.717, 1.165) is 18.4 Å². The zero-order valence-electron chi connectivity index (χ0n) is 10.2. The summed E-state index contributed by atoms with van der Waals surface area (Å²) in [6, 6.07) is 3.48. The molecule has 1 aliphatic rings. The Hall–Kier alpha value is -0.930. The van der Waals surface area contributed by atoms with Gasteiger partial charge in [-0.2, -0.15) is 0 Å². The van der Waals surface area contributed by atoms with Crippen molar-refractivity contribution in [1.29, 1.82) is 0 Å². The summed E-state index contributed by atoms with van der Waals surface area (Å²) in [6.45, 7) is 1.87. The standard InChI is InChI=1S/C13H16Cl2N2O/c1-8-6-11(15)12(7-10(8)14)17-13(18)16-9-4-2-3-5-9/h6-7,9H,2-5H2,1H3,(H2,16,17,18). The molecule has 1 aliphatic carbocycles. The molecule has 0 aromatic heterocycles. The number of rotatable bonds is 2. The third kappa shape index (κ3) is 3.30. The number of hydrogen-bond donors (Lipinski definition) is 2. The molecule has 1 aromatic carbocycles. The lowest BCUT2D eigenvalue weighted by Gasteiger charge is -2.14. The van der Waals surface area contributed by atoms with Gasteiger partial charge in [0.2, 0.25) is 0 Å². The van der Waals surface area contributed by atoms with Gasteiger partial charge in [0.25, 0.3) is 0 Å². The molecule has 0 radical (unpaired) electrons. The molecule has 18 heavy (non-hydrogen) atoms. The van der Waals surface area contributed by atoms with Crippen LogP contribution in [0, 0.1) is 6.92 Å². The SMILES string of the molecule is Cc1cc(Cl)c(NC(=O)NC2CCCC2)cc1Cl. The van der Waals surface area contributed by atoms with E-state index in [1.165, 1.54) is 12.8 Å². The van der Waals surface area contributed by atoms with E-state index in [1.54, 1.807) is 12.1 Å². The molecule has 2 rings (SSSR count). The van der Waals surface area contributed by atoms with Gasteiger partial charge in [0.1, 0.15) is 0 Å². The van der Waals surface area contributed by atoms with Crippen LogP contribution in [0.3, 0.4) is 0 Å². The van der Waals surface area contributed by atoms with Crippen LogP contribution in [0.15, 0.2) is 12.1 Å². The Kier molecular flexibility index (Phi) is 4.36. The molecule has 1 fully saturated rings. The Balaban J connectivity index is 2.00. The third-order valence-electron chi connectivity index (χ3n) is 3.19. The monoisotopic (exact) mass is 286 g/mol. The summed E-state index contributed by atoms with van der Waals surface area (Å²) < 4.78 is 0. The quantitative estimate of drug-likeness (QED) is 0.833. The summed E-state index contributed by atoms with van der Waals surface area (Å²) in [6.07, 6.45) is 4.47. The molecule has 0 heterocycles. The Morgan fingerprint density at radius 1 is 1.22 bits per heavy atom. The molecule has 98 valence electrons. The molecule has 2 amide bonds. The summed E-state index contributed by atoms with van der Waals surface area (Å²) in [4.78, 5) is 11.8. The van der Waals surface area contributed by atoms with Crippen molar-refractivity contribution < 1.29 is 4.79 Å². The maximum atomic E-state index is 11.8. The lowest BCUT2D eigenvalue weighted by atomic mass is 10.2. The summed E-state index contributed by atoms with van der Waals surface area (Å²) >= 11 is 12.1. The predicted octanol–water partition coefficient (Wildman–Crippen LogP) is 4.37. The highest BCUT2D eigenvalue weighted by atomic mass is 35.5. The average Bonchev–Trinajstić information content (AvgIpc) is 2.78. The highest BCUT2D eigenvalue weighted by Gasteiger charge is 2.17. The van der Waals surface area contributed by atoms with Crippen molar-refractivity contribution in [2.24, 2.45) is 0 Å². The highest BCUT2D eigenvalue weighted by Crippen LogP contribution is 2.28. The fraction of sp³-hybridized carbons (Fsp3) is 0.462. The lowest BCUT2D eigenvalue weighted by Crippen LogP contribution is -2.36. The van der Waals surface area contributed by atoms with Crippen LogP contribution in [-0.4, -0.2) is 12.1 Å². The topological polar surface area (TPSA) is 41.1 Å². The summed E-state index contributed by atoms with van der Waals surface area (Å²) in [5.41, 5.74) is 1.44. The second kappa shape index (κ2) is 5.81. The van der Waals surface area contributed by atoms with Gasteiger partial charge in [-0.3, -0.25) is 0 Å². The van der Waals surface area contributed by atoms with E-state index < -0.39 is 0 Å². The molecule has 0 atom stereocenters. The number of benzene rings is 1. The number of nitrogens with one attached hydrogen (secondary N) is 2. The molecule has 2 N–H and O–H groups in total. The summed E-state index contributed by atoms with van der Waals surface area (Å²) in [5.74, 6) is 0. The number of carbonyl (C=O) groups excluding carboxylic acids is 1.